The van der Waals surface area contributed by atoms with E-state index in [9.17, 15) is 0 Å². The predicted molar refractivity (Wildman–Crippen MR) is 72.5 cm³/mol. The van der Waals surface area contributed by atoms with Gasteiger partial charge in [-0.05, 0) is 30.0 Å². The van der Waals surface area contributed by atoms with Crippen molar-refractivity contribution in [1.29, 1.82) is 0 Å². The Labute approximate surface area is 107 Å². The molecule has 3 rings (SSSR count). The summed E-state index contributed by atoms with van der Waals surface area (Å²) in [5.41, 5.74) is 9.54. The normalized spacial score (nSPS) is 17.5. The Hall–Kier alpha value is -1.80. The molecule has 2 nitrogen and oxygen atoms in total. The molecular formula is C16H17NO. The van der Waals surface area contributed by atoms with Crippen LogP contribution >= 0.6 is 0 Å². The summed E-state index contributed by atoms with van der Waals surface area (Å²) in [6.07, 6.45) is 2.33. The van der Waals surface area contributed by atoms with Crippen LogP contribution in [-0.2, 0) is 13.0 Å². The zero-order valence-electron chi connectivity index (χ0n) is 10.3. The molecule has 2 aromatic rings. The van der Waals surface area contributed by atoms with E-state index in [1.165, 1.54) is 11.1 Å². The van der Waals surface area contributed by atoms with Crippen molar-refractivity contribution in [3.05, 3.63) is 65.2 Å². The van der Waals surface area contributed by atoms with Crippen LogP contribution in [0.15, 0.2) is 48.5 Å². The summed E-state index contributed by atoms with van der Waals surface area (Å²) < 4.78 is 6.14. The number of rotatable bonds is 3. The number of benzene rings is 2. The second-order valence-corrected chi connectivity index (χ2v) is 4.66. The van der Waals surface area contributed by atoms with Gasteiger partial charge in [0.25, 0.3) is 0 Å². The van der Waals surface area contributed by atoms with Gasteiger partial charge in [-0.25, -0.2) is 0 Å². The molecule has 0 saturated carbocycles. The van der Waals surface area contributed by atoms with Crippen molar-refractivity contribution >= 4 is 0 Å². The van der Waals surface area contributed by atoms with Crippen LogP contribution in [0.1, 0.15) is 29.2 Å². The van der Waals surface area contributed by atoms with E-state index in [-0.39, 0.29) is 6.10 Å². The SMILES string of the molecule is NCc1ccccc1OC1CCc2ccccc21. The van der Waals surface area contributed by atoms with E-state index in [0.717, 1.165) is 24.2 Å². The van der Waals surface area contributed by atoms with Crippen LogP contribution in [0.4, 0.5) is 0 Å². The Balaban J connectivity index is 1.86. The highest BCUT2D eigenvalue weighted by atomic mass is 16.5. The van der Waals surface area contributed by atoms with E-state index in [1.54, 1.807) is 0 Å². The van der Waals surface area contributed by atoms with E-state index < -0.39 is 0 Å². The van der Waals surface area contributed by atoms with Gasteiger partial charge in [0.15, 0.2) is 0 Å². The lowest BCUT2D eigenvalue weighted by molar-refractivity contribution is 0.205. The van der Waals surface area contributed by atoms with Crippen molar-refractivity contribution in [2.45, 2.75) is 25.5 Å². The summed E-state index contributed by atoms with van der Waals surface area (Å²) in [5, 5.41) is 0. The minimum atomic E-state index is 0.175. The average Bonchev–Trinajstić information content (AvgIpc) is 2.83. The highest BCUT2D eigenvalue weighted by Gasteiger charge is 2.23. The third kappa shape index (κ3) is 2.00. The first-order valence-electron chi connectivity index (χ1n) is 6.41. The molecule has 0 aliphatic heterocycles. The van der Waals surface area contributed by atoms with Gasteiger partial charge in [-0.2, -0.15) is 0 Å². The average molecular weight is 239 g/mol. The molecule has 0 saturated heterocycles. The minimum Gasteiger partial charge on any atom is -0.485 e. The Bertz CT molecular complexity index is 550. The van der Waals surface area contributed by atoms with Crippen LogP contribution in [0, 0.1) is 0 Å². The zero-order chi connectivity index (χ0) is 12.4. The van der Waals surface area contributed by atoms with Crippen LogP contribution in [0.5, 0.6) is 5.75 Å². The maximum atomic E-state index is 6.14. The molecule has 1 aliphatic rings. The molecule has 2 aromatic carbocycles. The number of hydrogen-bond acceptors (Lipinski definition) is 2. The maximum Gasteiger partial charge on any atom is 0.124 e. The first kappa shape index (κ1) is 11.3. The molecule has 0 spiro atoms. The number of ether oxygens (including phenoxy) is 1. The lowest BCUT2D eigenvalue weighted by Gasteiger charge is -2.17. The van der Waals surface area contributed by atoms with Crippen molar-refractivity contribution in [3.8, 4) is 5.75 Å². The summed E-state index contributed by atoms with van der Waals surface area (Å²) in [5.74, 6) is 0.918. The Morgan fingerprint density at radius 2 is 1.83 bits per heavy atom. The minimum absolute atomic E-state index is 0.175. The number of hydrogen-bond donors (Lipinski definition) is 1. The summed E-state index contributed by atoms with van der Waals surface area (Å²) in [4.78, 5) is 0. The maximum absolute atomic E-state index is 6.14. The number of fused-ring (bicyclic) bond motifs is 1. The van der Waals surface area contributed by atoms with Crippen LogP contribution in [0.3, 0.4) is 0 Å². The van der Waals surface area contributed by atoms with E-state index in [2.05, 4.69) is 24.3 Å². The summed E-state index contributed by atoms with van der Waals surface area (Å²) in [6, 6.07) is 16.5. The summed E-state index contributed by atoms with van der Waals surface area (Å²) in [6.45, 7) is 0.518. The van der Waals surface area contributed by atoms with Crippen molar-refractivity contribution in [3.63, 3.8) is 0 Å². The Morgan fingerprint density at radius 1 is 1.06 bits per heavy atom. The van der Waals surface area contributed by atoms with E-state index in [4.69, 9.17) is 10.5 Å². The number of aryl methyl sites for hydroxylation is 1. The lowest BCUT2D eigenvalue weighted by Crippen LogP contribution is -2.07. The molecule has 0 bridgehead atoms. The molecular weight excluding hydrogens is 222 g/mol. The van der Waals surface area contributed by atoms with Gasteiger partial charge in [0, 0.05) is 12.1 Å². The van der Waals surface area contributed by atoms with Gasteiger partial charge in [0.05, 0.1) is 0 Å². The van der Waals surface area contributed by atoms with E-state index >= 15 is 0 Å². The highest BCUT2D eigenvalue weighted by Crippen LogP contribution is 2.35. The third-order valence-electron chi connectivity index (χ3n) is 3.54. The van der Waals surface area contributed by atoms with Gasteiger partial charge < -0.3 is 10.5 Å². The first-order valence-corrected chi connectivity index (χ1v) is 6.41. The van der Waals surface area contributed by atoms with Gasteiger partial charge in [0.2, 0.25) is 0 Å². The van der Waals surface area contributed by atoms with Crippen LogP contribution in [-0.4, -0.2) is 0 Å². The second kappa shape index (κ2) is 4.83. The van der Waals surface area contributed by atoms with Gasteiger partial charge >= 0.3 is 0 Å². The Morgan fingerprint density at radius 3 is 2.72 bits per heavy atom. The van der Waals surface area contributed by atoms with Crippen LogP contribution in [0.25, 0.3) is 0 Å². The van der Waals surface area contributed by atoms with Crippen molar-refractivity contribution in [2.24, 2.45) is 5.73 Å². The molecule has 0 radical (unpaired) electrons. The number of para-hydroxylation sites is 1. The smallest absolute Gasteiger partial charge is 0.124 e. The largest absolute Gasteiger partial charge is 0.485 e. The lowest BCUT2D eigenvalue weighted by atomic mass is 10.1. The molecule has 1 aliphatic carbocycles. The monoisotopic (exact) mass is 239 g/mol. The standard InChI is InChI=1S/C16H17NO/c17-11-13-6-2-4-8-15(13)18-16-10-9-12-5-1-3-7-14(12)16/h1-8,16H,9-11,17H2. The first-order chi connectivity index (χ1) is 8.88. The molecule has 0 fully saturated rings. The molecule has 0 heterocycles. The predicted octanol–water partition coefficient (Wildman–Crippen LogP) is 3.21. The van der Waals surface area contributed by atoms with Crippen molar-refractivity contribution < 1.29 is 4.74 Å². The highest BCUT2D eigenvalue weighted by molar-refractivity contribution is 5.37. The molecule has 1 unspecified atom stereocenters. The third-order valence-corrected chi connectivity index (χ3v) is 3.54. The molecule has 0 amide bonds. The van der Waals surface area contributed by atoms with Crippen molar-refractivity contribution in [1.82, 2.24) is 0 Å². The fourth-order valence-corrected chi connectivity index (χ4v) is 2.58. The molecule has 92 valence electrons. The summed E-state index contributed by atoms with van der Waals surface area (Å²) in [7, 11) is 0. The van der Waals surface area contributed by atoms with E-state index in [1.807, 2.05) is 24.3 Å². The Kier molecular flexibility index (Phi) is 3.03. The van der Waals surface area contributed by atoms with Crippen LogP contribution < -0.4 is 10.5 Å². The number of nitrogens with two attached hydrogens (primary N) is 1. The van der Waals surface area contributed by atoms with Crippen LogP contribution in [0.2, 0.25) is 0 Å². The second-order valence-electron chi connectivity index (χ2n) is 4.66. The molecule has 2 N–H and O–H groups in total. The zero-order valence-corrected chi connectivity index (χ0v) is 10.3. The molecule has 1 atom stereocenters. The summed E-state index contributed by atoms with van der Waals surface area (Å²) >= 11 is 0. The molecule has 18 heavy (non-hydrogen) atoms. The van der Waals surface area contributed by atoms with Gasteiger partial charge in [-0.3, -0.25) is 0 Å². The fraction of sp³-hybridized carbons (Fsp3) is 0.250. The van der Waals surface area contributed by atoms with Gasteiger partial charge in [0.1, 0.15) is 11.9 Å². The van der Waals surface area contributed by atoms with Gasteiger partial charge in [-0.1, -0.05) is 42.5 Å². The van der Waals surface area contributed by atoms with Gasteiger partial charge in [-0.15, -0.1) is 0 Å². The molecule has 0 aromatic heterocycles. The van der Waals surface area contributed by atoms with Crippen molar-refractivity contribution in [2.75, 3.05) is 0 Å². The molecule has 2 heteroatoms. The van der Waals surface area contributed by atoms with E-state index in [0.29, 0.717) is 6.54 Å². The fourth-order valence-electron chi connectivity index (χ4n) is 2.58. The quantitative estimate of drug-likeness (QED) is 0.892. The topological polar surface area (TPSA) is 35.2 Å².